The first kappa shape index (κ1) is 31.5. The maximum Gasteiger partial charge on any atom is 0.318 e. The molecule has 3 N–H and O–H groups in total. The van der Waals surface area contributed by atoms with Gasteiger partial charge in [0.2, 0.25) is 5.91 Å². The number of nitrogens with one attached hydrogen (secondary N) is 3. The van der Waals surface area contributed by atoms with E-state index in [-0.39, 0.29) is 24.9 Å². The van der Waals surface area contributed by atoms with E-state index in [0.29, 0.717) is 36.6 Å². The third-order valence-corrected chi connectivity index (χ3v) is 8.14. The zero-order valence-corrected chi connectivity index (χ0v) is 26.0. The number of rotatable bonds is 9. The Labute approximate surface area is 262 Å². The van der Waals surface area contributed by atoms with Gasteiger partial charge < -0.3 is 35.1 Å². The summed E-state index contributed by atoms with van der Waals surface area (Å²) in [7, 11) is 5.48. The van der Waals surface area contributed by atoms with Crippen LogP contribution in [0.3, 0.4) is 0 Å². The lowest BCUT2D eigenvalue weighted by Crippen LogP contribution is -2.57. The van der Waals surface area contributed by atoms with Crippen LogP contribution in [0.4, 0.5) is 14.9 Å². The van der Waals surface area contributed by atoms with Gasteiger partial charge in [-0.15, -0.1) is 0 Å². The van der Waals surface area contributed by atoms with Crippen LogP contribution < -0.4 is 15.4 Å². The number of benzene rings is 3. The summed E-state index contributed by atoms with van der Waals surface area (Å²) < 4.78 is 18.9. The number of aromatic nitrogens is 1. The maximum atomic E-state index is 14.0. The number of hydrogen-bond donors (Lipinski definition) is 3. The molecule has 45 heavy (non-hydrogen) atoms. The summed E-state index contributed by atoms with van der Waals surface area (Å²) in [6, 6.07) is 17.6. The van der Waals surface area contributed by atoms with Crippen molar-refractivity contribution >= 4 is 34.4 Å². The molecule has 3 aromatic carbocycles. The molecular weight excluding hydrogens is 575 g/mol. The number of methoxy groups -OCH3 is 1. The van der Waals surface area contributed by atoms with E-state index < -0.39 is 23.8 Å². The summed E-state index contributed by atoms with van der Waals surface area (Å²) >= 11 is 0. The van der Waals surface area contributed by atoms with Crippen molar-refractivity contribution in [2.24, 2.45) is 0 Å². The molecule has 2 atom stereocenters. The molecular formula is C34H39FN6O4. The molecule has 0 unspecified atom stereocenters. The molecule has 5 rings (SSSR count). The first-order chi connectivity index (χ1) is 21.6. The third kappa shape index (κ3) is 7.26. The molecule has 0 radical (unpaired) electrons. The Morgan fingerprint density at radius 1 is 0.978 bits per heavy atom. The number of carbonyl (C=O) groups excluding carboxylic acids is 3. The van der Waals surface area contributed by atoms with Crippen LogP contribution in [0.15, 0.2) is 72.9 Å². The Morgan fingerprint density at radius 2 is 1.67 bits per heavy atom. The van der Waals surface area contributed by atoms with Gasteiger partial charge in [-0.2, -0.15) is 0 Å². The van der Waals surface area contributed by atoms with Crippen molar-refractivity contribution in [3.8, 4) is 5.75 Å². The molecule has 2 heterocycles. The van der Waals surface area contributed by atoms with E-state index in [2.05, 4.69) is 15.6 Å². The molecule has 4 amide bonds. The number of urea groups is 1. The second-order valence-electron chi connectivity index (χ2n) is 11.6. The number of anilines is 1. The second-order valence-corrected chi connectivity index (χ2v) is 11.6. The van der Waals surface area contributed by atoms with Gasteiger partial charge in [-0.05, 0) is 67.7 Å². The van der Waals surface area contributed by atoms with Gasteiger partial charge in [0.05, 0.1) is 12.8 Å². The monoisotopic (exact) mass is 614 g/mol. The molecule has 1 saturated heterocycles. The zero-order chi connectivity index (χ0) is 32.1. The number of aromatic amines is 1. The van der Waals surface area contributed by atoms with Crippen LogP contribution in [0.2, 0.25) is 0 Å². The van der Waals surface area contributed by atoms with Crippen molar-refractivity contribution in [1.29, 1.82) is 0 Å². The van der Waals surface area contributed by atoms with Crippen LogP contribution in [0, 0.1) is 5.82 Å². The number of piperazine rings is 1. The molecule has 0 saturated carbocycles. The highest BCUT2D eigenvalue weighted by molar-refractivity contribution is 5.99. The first-order valence-electron chi connectivity index (χ1n) is 14.9. The maximum absolute atomic E-state index is 14.0. The summed E-state index contributed by atoms with van der Waals surface area (Å²) in [5.74, 6) is -0.898. The molecule has 1 aromatic heterocycles. The highest BCUT2D eigenvalue weighted by Crippen LogP contribution is 2.30. The van der Waals surface area contributed by atoms with Gasteiger partial charge >= 0.3 is 6.03 Å². The summed E-state index contributed by atoms with van der Waals surface area (Å²) in [4.78, 5) is 49.1. The van der Waals surface area contributed by atoms with E-state index in [9.17, 15) is 18.8 Å². The summed E-state index contributed by atoms with van der Waals surface area (Å²) in [5.41, 5.74) is 3.73. The van der Waals surface area contributed by atoms with Gasteiger partial charge in [0.15, 0.2) is 0 Å². The van der Waals surface area contributed by atoms with Crippen LogP contribution >= 0.6 is 0 Å². The van der Waals surface area contributed by atoms with Gasteiger partial charge in [0.1, 0.15) is 17.6 Å². The fourth-order valence-corrected chi connectivity index (χ4v) is 5.71. The van der Waals surface area contributed by atoms with Crippen LogP contribution in [0.5, 0.6) is 5.75 Å². The Bertz CT molecular complexity index is 1660. The minimum atomic E-state index is -0.933. The molecule has 1 fully saturated rings. The molecule has 0 bridgehead atoms. The lowest BCUT2D eigenvalue weighted by atomic mass is 9.92. The largest absolute Gasteiger partial charge is 0.495 e. The number of nitrogens with zero attached hydrogens (tertiary/aromatic N) is 3. The van der Waals surface area contributed by atoms with Gasteiger partial charge in [0.25, 0.3) is 5.91 Å². The van der Waals surface area contributed by atoms with E-state index in [1.807, 2.05) is 74.6 Å². The van der Waals surface area contributed by atoms with Crippen molar-refractivity contribution in [2.75, 3.05) is 52.7 Å². The highest BCUT2D eigenvalue weighted by Gasteiger charge is 2.33. The topological polar surface area (TPSA) is 110 Å². The highest BCUT2D eigenvalue weighted by atomic mass is 19.1. The molecule has 236 valence electrons. The Hall–Kier alpha value is -4.90. The quantitative estimate of drug-likeness (QED) is 0.254. The Balaban J connectivity index is 1.35. The Kier molecular flexibility index (Phi) is 9.68. The summed E-state index contributed by atoms with van der Waals surface area (Å²) in [5, 5.41) is 6.97. The molecule has 0 spiro atoms. The number of ether oxygens (including phenoxy) is 1. The summed E-state index contributed by atoms with van der Waals surface area (Å²) in [6.45, 7) is 3.79. The fourth-order valence-electron chi connectivity index (χ4n) is 5.71. The lowest BCUT2D eigenvalue weighted by molar-refractivity contribution is -0.118. The number of hydrogen-bond acceptors (Lipinski definition) is 5. The predicted octanol–water partition coefficient (Wildman–Crippen LogP) is 4.66. The lowest BCUT2D eigenvalue weighted by Gasteiger charge is -2.36. The number of amides is 4. The smallest absolute Gasteiger partial charge is 0.318 e. The van der Waals surface area contributed by atoms with Crippen LogP contribution in [-0.4, -0.2) is 91.0 Å². The molecule has 4 aromatic rings. The molecule has 11 heteroatoms. The van der Waals surface area contributed by atoms with Crippen LogP contribution in [-0.2, 0) is 11.3 Å². The fraction of sp³-hybridized carbons (Fsp3) is 0.324. The molecule has 10 nitrogen and oxygen atoms in total. The third-order valence-electron chi connectivity index (χ3n) is 8.14. The molecule has 1 aliphatic heterocycles. The number of H-pyrrole nitrogens is 1. The second kappa shape index (κ2) is 13.8. The normalized spacial score (nSPS) is 14.7. The minimum absolute atomic E-state index is 0.217. The zero-order valence-electron chi connectivity index (χ0n) is 26.0. The average Bonchev–Trinajstić information content (AvgIpc) is 3.47. The van der Waals surface area contributed by atoms with Crippen molar-refractivity contribution in [1.82, 2.24) is 25.0 Å². The van der Waals surface area contributed by atoms with E-state index in [0.717, 1.165) is 22.0 Å². The molecule has 0 aliphatic carbocycles. The van der Waals surface area contributed by atoms with E-state index in [1.54, 1.807) is 16.9 Å². The number of halogens is 1. The first-order valence-corrected chi connectivity index (χ1v) is 14.9. The van der Waals surface area contributed by atoms with Gasteiger partial charge in [-0.1, -0.05) is 31.2 Å². The van der Waals surface area contributed by atoms with Gasteiger partial charge in [-0.3, -0.25) is 9.59 Å². The summed E-state index contributed by atoms with van der Waals surface area (Å²) in [6.07, 6.45) is 1.87. The molecule has 1 aliphatic rings. The number of fused-ring (bicyclic) bond motifs is 1. The van der Waals surface area contributed by atoms with Gasteiger partial charge in [-0.25, -0.2) is 9.18 Å². The SMILES string of the molecule is COc1ccc(CN(C)C)cc1NC(=O)[C@H](NC(=O)N1CCN(C(=O)c2ccc(F)cc2)CC1)[C@H](C)c1c[nH]c2ccccc12. The number of para-hydroxylation sites is 1. The van der Waals surface area contributed by atoms with Crippen molar-refractivity contribution < 1.29 is 23.5 Å². The van der Waals surface area contributed by atoms with Crippen LogP contribution in [0.1, 0.15) is 34.3 Å². The van der Waals surface area contributed by atoms with E-state index in [1.165, 1.54) is 24.3 Å². The average molecular weight is 615 g/mol. The Morgan fingerprint density at radius 3 is 2.36 bits per heavy atom. The van der Waals surface area contributed by atoms with Crippen molar-refractivity contribution in [2.45, 2.75) is 25.4 Å². The van der Waals surface area contributed by atoms with Crippen molar-refractivity contribution in [3.63, 3.8) is 0 Å². The van der Waals surface area contributed by atoms with Crippen molar-refractivity contribution in [3.05, 3.63) is 95.4 Å². The standard InChI is InChI=1S/C34H39FN6O4/c1-22(27-20-36-28-8-6-5-7-26(27)28)31(32(42)37-29-19-23(21-39(2)3)9-14-30(29)45-4)38-34(44)41-17-15-40(16-18-41)33(43)24-10-12-25(35)13-11-24/h5-14,19-20,22,31,36H,15-18,21H2,1-4H3,(H,37,42)(H,38,44)/t22-,31-/m1/s1. The van der Waals surface area contributed by atoms with E-state index in [4.69, 9.17) is 4.74 Å². The minimum Gasteiger partial charge on any atom is -0.495 e. The van der Waals surface area contributed by atoms with Crippen LogP contribution in [0.25, 0.3) is 10.9 Å². The number of carbonyl (C=O) groups is 3. The van der Waals surface area contributed by atoms with E-state index >= 15 is 0 Å². The predicted molar refractivity (Wildman–Crippen MR) is 172 cm³/mol. The van der Waals surface area contributed by atoms with Gasteiger partial charge in [0, 0.05) is 61.3 Å².